The van der Waals surface area contributed by atoms with Gasteiger partial charge in [0, 0.05) is 0 Å². The highest BCUT2D eigenvalue weighted by molar-refractivity contribution is 8.67. The monoisotopic (exact) mass is 354 g/mol. The maximum atomic E-state index is 11.9. The summed E-state index contributed by atoms with van der Waals surface area (Å²) >= 11 is 0. The molecule has 0 spiro atoms. The molecule has 0 aliphatic heterocycles. The zero-order chi connectivity index (χ0) is 16.9. The fraction of sp³-hybridized carbons (Fsp3) is 1.00. The van der Waals surface area contributed by atoms with E-state index in [1.165, 1.54) is 0 Å². The third-order valence-corrected chi connectivity index (χ3v) is 9.56. The molecule has 0 atom stereocenters. The average Bonchev–Trinajstić information content (AvgIpc) is 2.46. The van der Waals surface area contributed by atoms with Gasteiger partial charge in [-0.15, -0.1) is 0 Å². The summed E-state index contributed by atoms with van der Waals surface area (Å²) in [5, 5.41) is 0. The van der Waals surface area contributed by atoms with Gasteiger partial charge in [0.15, 0.2) is 0 Å². The highest BCUT2D eigenvalue weighted by Crippen LogP contribution is 2.14. The van der Waals surface area contributed by atoms with Gasteiger partial charge in [0.2, 0.25) is 0 Å². The Hall–Kier alpha value is -0.100. The summed E-state index contributed by atoms with van der Waals surface area (Å²) in [4.78, 5) is 0. The van der Waals surface area contributed by atoms with E-state index in [0.29, 0.717) is 12.8 Å². The summed E-state index contributed by atoms with van der Waals surface area (Å²) in [7, 11) is -7.96. The number of rotatable bonds is 15. The third kappa shape index (κ3) is 9.82. The second-order valence-corrected chi connectivity index (χ2v) is 12.2. The van der Waals surface area contributed by atoms with Crippen molar-refractivity contribution in [2.75, 3.05) is 11.5 Å². The molecular formula is C16H34O4S2. The number of hydrogen-bond donors (Lipinski definition) is 0. The largest absolute Gasteiger partial charge is 0.253 e. The molecule has 0 bridgehead atoms. The molecule has 0 saturated heterocycles. The van der Waals surface area contributed by atoms with Gasteiger partial charge in [-0.3, -0.25) is 0 Å². The summed E-state index contributed by atoms with van der Waals surface area (Å²) in [6.07, 6.45) is 11.3. The molecule has 0 amide bonds. The molecule has 6 heteroatoms. The first-order chi connectivity index (χ1) is 10.4. The minimum Gasteiger partial charge on any atom is -0.213 e. The van der Waals surface area contributed by atoms with Crippen LogP contribution in [0.5, 0.6) is 0 Å². The molecule has 0 fully saturated rings. The van der Waals surface area contributed by atoms with Gasteiger partial charge >= 0.3 is 0 Å². The van der Waals surface area contributed by atoms with Crippen LogP contribution in [0.25, 0.3) is 0 Å². The lowest BCUT2D eigenvalue weighted by Gasteiger charge is -2.06. The summed E-state index contributed by atoms with van der Waals surface area (Å²) in [5.41, 5.74) is 0. The van der Waals surface area contributed by atoms with Crippen molar-refractivity contribution in [3.8, 4) is 0 Å². The van der Waals surface area contributed by atoms with E-state index in [0.717, 1.165) is 64.2 Å². The molecule has 0 aromatic rings. The normalized spacial score (nSPS) is 12.6. The molecule has 0 aliphatic rings. The van der Waals surface area contributed by atoms with Crippen LogP contribution in [0.3, 0.4) is 0 Å². The van der Waals surface area contributed by atoms with Crippen LogP contribution in [-0.4, -0.2) is 28.3 Å². The minimum atomic E-state index is -3.98. The predicted molar refractivity (Wildman–Crippen MR) is 94.3 cm³/mol. The quantitative estimate of drug-likeness (QED) is 0.322. The van der Waals surface area contributed by atoms with Gasteiger partial charge in [0.25, 0.3) is 17.7 Å². The average molecular weight is 355 g/mol. The first-order valence-electron chi connectivity index (χ1n) is 8.82. The van der Waals surface area contributed by atoms with Crippen LogP contribution in [0.2, 0.25) is 0 Å². The maximum Gasteiger partial charge on any atom is 0.253 e. The summed E-state index contributed by atoms with van der Waals surface area (Å²) in [5.74, 6) is -0.422. The fourth-order valence-corrected chi connectivity index (χ4v) is 6.23. The number of hydrogen-bond acceptors (Lipinski definition) is 4. The van der Waals surface area contributed by atoms with Crippen molar-refractivity contribution in [3.63, 3.8) is 0 Å². The predicted octanol–water partition coefficient (Wildman–Crippen LogP) is 4.45. The van der Waals surface area contributed by atoms with Crippen molar-refractivity contribution < 1.29 is 16.8 Å². The summed E-state index contributed by atoms with van der Waals surface area (Å²) < 4.78 is 47.7. The Morgan fingerprint density at radius 1 is 0.455 bits per heavy atom. The van der Waals surface area contributed by atoms with Gasteiger partial charge < -0.3 is 0 Å². The fourth-order valence-electron chi connectivity index (χ4n) is 2.37. The molecule has 0 heterocycles. The molecule has 0 aliphatic carbocycles. The SMILES string of the molecule is CCCCCCCCS(=O)(=O)S(=O)(=O)CCCCCCCC. The second kappa shape index (κ2) is 12.3. The van der Waals surface area contributed by atoms with Crippen LogP contribution >= 0.6 is 0 Å². The second-order valence-electron chi connectivity index (χ2n) is 6.06. The third-order valence-electron chi connectivity index (χ3n) is 3.88. The van der Waals surface area contributed by atoms with Crippen LogP contribution in [0, 0.1) is 0 Å². The first-order valence-corrected chi connectivity index (χ1v) is 12.6. The molecule has 22 heavy (non-hydrogen) atoms. The van der Waals surface area contributed by atoms with Crippen LogP contribution in [0.4, 0.5) is 0 Å². The van der Waals surface area contributed by atoms with Gasteiger partial charge in [-0.1, -0.05) is 78.1 Å². The molecule has 0 aromatic heterocycles. The number of unbranched alkanes of at least 4 members (excludes halogenated alkanes) is 10. The Balaban J connectivity index is 3.99. The zero-order valence-corrected chi connectivity index (χ0v) is 16.0. The summed E-state index contributed by atoms with van der Waals surface area (Å²) in [6.45, 7) is 4.25. The highest BCUT2D eigenvalue weighted by atomic mass is 33.2. The van der Waals surface area contributed by atoms with Crippen molar-refractivity contribution in [1.82, 2.24) is 0 Å². The smallest absolute Gasteiger partial charge is 0.213 e. The molecule has 0 rings (SSSR count). The maximum absolute atomic E-state index is 11.9. The Kier molecular flexibility index (Phi) is 12.3. The Labute approximate surface area is 137 Å². The van der Waals surface area contributed by atoms with Gasteiger partial charge in [0.05, 0.1) is 11.5 Å². The molecular weight excluding hydrogens is 320 g/mol. The molecule has 4 nitrogen and oxygen atoms in total. The van der Waals surface area contributed by atoms with Crippen LogP contribution in [0.15, 0.2) is 0 Å². The Morgan fingerprint density at radius 2 is 0.727 bits per heavy atom. The van der Waals surface area contributed by atoms with Gasteiger partial charge in [0.1, 0.15) is 0 Å². The lowest BCUT2D eigenvalue weighted by molar-refractivity contribution is 0.571. The van der Waals surface area contributed by atoms with Crippen molar-refractivity contribution in [1.29, 1.82) is 0 Å². The first kappa shape index (κ1) is 21.9. The molecule has 0 unspecified atom stereocenters. The minimum absolute atomic E-state index is 0.211. The Bertz CT molecular complexity index is 409. The van der Waals surface area contributed by atoms with E-state index < -0.39 is 17.7 Å². The zero-order valence-electron chi connectivity index (χ0n) is 14.3. The van der Waals surface area contributed by atoms with Crippen molar-refractivity contribution >= 4 is 17.7 Å². The summed E-state index contributed by atoms with van der Waals surface area (Å²) in [6, 6.07) is 0. The van der Waals surface area contributed by atoms with Crippen LogP contribution in [-0.2, 0) is 17.7 Å². The molecule has 0 N–H and O–H groups in total. The van der Waals surface area contributed by atoms with Gasteiger partial charge in [-0.05, 0) is 12.8 Å². The van der Waals surface area contributed by atoms with Gasteiger partial charge in [-0.2, -0.15) is 0 Å². The van der Waals surface area contributed by atoms with E-state index in [1.807, 2.05) is 0 Å². The lowest BCUT2D eigenvalue weighted by atomic mass is 10.1. The highest BCUT2D eigenvalue weighted by Gasteiger charge is 2.28. The Morgan fingerprint density at radius 3 is 1.05 bits per heavy atom. The molecule has 0 saturated carbocycles. The molecule has 0 radical (unpaired) electrons. The lowest BCUT2D eigenvalue weighted by Crippen LogP contribution is -2.22. The van der Waals surface area contributed by atoms with E-state index in [2.05, 4.69) is 13.8 Å². The standard InChI is InChI=1S/C16H34O4S2/c1-3-5-7-9-11-13-15-21(17,18)22(19,20)16-14-12-10-8-6-4-2/h3-16H2,1-2H3. The van der Waals surface area contributed by atoms with Crippen LogP contribution in [0.1, 0.15) is 90.9 Å². The van der Waals surface area contributed by atoms with Crippen molar-refractivity contribution in [2.45, 2.75) is 90.9 Å². The van der Waals surface area contributed by atoms with Gasteiger partial charge in [-0.25, -0.2) is 16.8 Å². The van der Waals surface area contributed by atoms with Crippen molar-refractivity contribution in [2.24, 2.45) is 0 Å². The molecule has 134 valence electrons. The molecule has 0 aromatic carbocycles. The van der Waals surface area contributed by atoms with E-state index in [4.69, 9.17) is 0 Å². The van der Waals surface area contributed by atoms with E-state index in [1.54, 1.807) is 0 Å². The van der Waals surface area contributed by atoms with E-state index in [9.17, 15) is 16.8 Å². The van der Waals surface area contributed by atoms with Crippen molar-refractivity contribution in [3.05, 3.63) is 0 Å². The van der Waals surface area contributed by atoms with Crippen LogP contribution < -0.4 is 0 Å². The van der Waals surface area contributed by atoms with E-state index >= 15 is 0 Å². The van der Waals surface area contributed by atoms with E-state index in [-0.39, 0.29) is 11.5 Å². The topological polar surface area (TPSA) is 68.3 Å².